The fraction of sp³-hybridized carbons (Fsp3) is 0.417. The van der Waals surface area contributed by atoms with Gasteiger partial charge in [0.15, 0.2) is 0 Å². The zero-order valence-electron chi connectivity index (χ0n) is 10.3. The van der Waals surface area contributed by atoms with Gasteiger partial charge in [0.25, 0.3) is 0 Å². The van der Waals surface area contributed by atoms with Crippen molar-refractivity contribution in [3.8, 4) is 5.75 Å². The minimum atomic E-state index is -4.49. The summed E-state index contributed by atoms with van der Waals surface area (Å²) < 4.78 is 48.3. The predicted molar refractivity (Wildman–Crippen MR) is 69.3 cm³/mol. The second-order valence-corrected chi connectivity index (χ2v) is 4.20. The van der Waals surface area contributed by atoms with Crippen LogP contribution in [0.25, 0.3) is 0 Å². The normalized spacial score (nSPS) is 11.4. The molecule has 0 saturated heterocycles. The number of halogens is 3. The zero-order chi connectivity index (χ0) is 14.5. The second kappa shape index (κ2) is 6.72. The van der Waals surface area contributed by atoms with Gasteiger partial charge in [0.2, 0.25) is 0 Å². The smallest absolute Gasteiger partial charge is 0.417 e. The van der Waals surface area contributed by atoms with Crippen molar-refractivity contribution < 1.29 is 22.6 Å². The van der Waals surface area contributed by atoms with E-state index in [9.17, 15) is 13.2 Å². The van der Waals surface area contributed by atoms with Crippen LogP contribution in [0.5, 0.6) is 5.75 Å². The van der Waals surface area contributed by atoms with Gasteiger partial charge in [0, 0.05) is 25.7 Å². The molecule has 19 heavy (non-hydrogen) atoms. The molecule has 3 nitrogen and oxygen atoms in total. The number of methoxy groups -OCH3 is 1. The summed E-state index contributed by atoms with van der Waals surface area (Å²) in [5, 5.41) is 0. The van der Waals surface area contributed by atoms with Gasteiger partial charge in [-0.05, 0) is 18.2 Å². The summed E-state index contributed by atoms with van der Waals surface area (Å²) in [4.78, 5) is -0.310. The number of rotatable bonds is 6. The number of ether oxygens (including phenoxy) is 2. The lowest BCUT2D eigenvalue weighted by molar-refractivity contribution is -0.137. The van der Waals surface area contributed by atoms with E-state index >= 15 is 0 Å². The van der Waals surface area contributed by atoms with E-state index < -0.39 is 11.7 Å². The van der Waals surface area contributed by atoms with Gasteiger partial charge in [0.1, 0.15) is 10.7 Å². The first-order valence-electron chi connectivity index (χ1n) is 5.49. The van der Waals surface area contributed by atoms with E-state index in [0.29, 0.717) is 25.4 Å². The van der Waals surface area contributed by atoms with Gasteiger partial charge in [-0.15, -0.1) is 0 Å². The fourth-order valence-corrected chi connectivity index (χ4v) is 1.63. The molecule has 1 aromatic carbocycles. The lowest BCUT2D eigenvalue weighted by Gasteiger charge is -2.14. The fourth-order valence-electron chi connectivity index (χ4n) is 1.46. The molecule has 0 saturated carbocycles. The first-order valence-corrected chi connectivity index (χ1v) is 5.90. The highest BCUT2D eigenvalue weighted by molar-refractivity contribution is 7.80. The minimum absolute atomic E-state index is 0.230. The Morgan fingerprint density at radius 3 is 2.53 bits per heavy atom. The third kappa shape index (κ3) is 4.68. The van der Waals surface area contributed by atoms with E-state index in [1.807, 2.05) is 0 Å². The van der Waals surface area contributed by atoms with Crippen molar-refractivity contribution in [1.82, 2.24) is 0 Å². The molecule has 0 fully saturated rings. The molecule has 0 aliphatic heterocycles. The average Bonchev–Trinajstić information content (AvgIpc) is 2.33. The van der Waals surface area contributed by atoms with Crippen LogP contribution in [0.15, 0.2) is 18.2 Å². The van der Waals surface area contributed by atoms with Crippen LogP contribution in [0.4, 0.5) is 13.2 Å². The van der Waals surface area contributed by atoms with E-state index in [1.54, 1.807) is 7.11 Å². The molecule has 0 unspecified atom stereocenters. The Kier molecular flexibility index (Phi) is 5.56. The monoisotopic (exact) mass is 293 g/mol. The molecule has 0 radical (unpaired) electrons. The van der Waals surface area contributed by atoms with Crippen LogP contribution in [0.2, 0.25) is 0 Å². The molecule has 1 aromatic rings. The Morgan fingerprint density at radius 2 is 2.00 bits per heavy atom. The largest absolute Gasteiger partial charge is 0.493 e. The molecule has 0 atom stereocenters. The standard InChI is InChI=1S/C12H14F3NO2S/c1-17-5-2-6-18-8-3-4-10(12(13,14)15)9(7-8)11(16)19/h3-4,7H,2,5-6H2,1H3,(H2,16,19). The van der Waals surface area contributed by atoms with Crippen LogP contribution in [0, 0.1) is 0 Å². The SMILES string of the molecule is COCCCOc1ccc(C(F)(F)F)c(C(N)=S)c1. The first kappa shape index (κ1) is 15.7. The molecular weight excluding hydrogens is 279 g/mol. The van der Waals surface area contributed by atoms with Crippen LogP contribution in [-0.4, -0.2) is 25.3 Å². The minimum Gasteiger partial charge on any atom is -0.493 e. The molecule has 106 valence electrons. The molecule has 0 spiro atoms. The van der Waals surface area contributed by atoms with Crippen LogP contribution in [-0.2, 0) is 10.9 Å². The van der Waals surface area contributed by atoms with Crippen molar-refractivity contribution in [2.45, 2.75) is 12.6 Å². The van der Waals surface area contributed by atoms with E-state index in [0.717, 1.165) is 6.07 Å². The van der Waals surface area contributed by atoms with Gasteiger partial charge in [-0.1, -0.05) is 12.2 Å². The molecule has 2 N–H and O–H groups in total. The van der Waals surface area contributed by atoms with Gasteiger partial charge in [-0.2, -0.15) is 13.2 Å². The Bertz CT molecular complexity index is 449. The Balaban J connectivity index is 2.88. The van der Waals surface area contributed by atoms with E-state index in [-0.39, 0.29) is 10.6 Å². The number of thiocarbonyl (C=S) groups is 1. The summed E-state index contributed by atoms with van der Waals surface area (Å²) in [6, 6.07) is 3.37. The maximum atomic E-state index is 12.7. The number of benzene rings is 1. The lowest BCUT2D eigenvalue weighted by atomic mass is 10.1. The summed E-state index contributed by atoms with van der Waals surface area (Å²) in [6.07, 6.45) is -3.85. The third-order valence-electron chi connectivity index (χ3n) is 2.32. The van der Waals surface area contributed by atoms with Gasteiger partial charge in [-0.3, -0.25) is 0 Å². The van der Waals surface area contributed by atoms with Gasteiger partial charge < -0.3 is 15.2 Å². The second-order valence-electron chi connectivity index (χ2n) is 3.76. The van der Waals surface area contributed by atoms with E-state index in [2.05, 4.69) is 12.2 Å². The quantitative estimate of drug-likeness (QED) is 0.647. The number of alkyl halides is 3. The summed E-state index contributed by atoms with van der Waals surface area (Å²) in [5.74, 6) is 0.298. The molecule has 0 aromatic heterocycles. The highest BCUT2D eigenvalue weighted by Gasteiger charge is 2.34. The van der Waals surface area contributed by atoms with Crippen molar-refractivity contribution in [3.63, 3.8) is 0 Å². The Morgan fingerprint density at radius 1 is 1.32 bits per heavy atom. The van der Waals surface area contributed by atoms with Crippen LogP contribution < -0.4 is 10.5 Å². The zero-order valence-corrected chi connectivity index (χ0v) is 11.1. The number of nitrogens with two attached hydrogens (primary N) is 1. The molecule has 0 bridgehead atoms. The maximum absolute atomic E-state index is 12.7. The first-order chi connectivity index (χ1) is 8.86. The van der Waals surface area contributed by atoms with Crippen molar-refractivity contribution in [1.29, 1.82) is 0 Å². The summed E-state index contributed by atoms with van der Waals surface area (Å²) in [7, 11) is 1.56. The van der Waals surface area contributed by atoms with Crippen LogP contribution in [0.1, 0.15) is 17.5 Å². The summed E-state index contributed by atoms with van der Waals surface area (Å²) >= 11 is 4.63. The molecule has 0 amide bonds. The van der Waals surface area contributed by atoms with Crippen molar-refractivity contribution >= 4 is 17.2 Å². The van der Waals surface area contributed by atoms with Gasteiger partial charge >= 0.3 is 6.18 Å². The molecule has 1 rings (SSSR count). The van der Waals surface area contributed by atoms with Crippen molar-refractivity contribution in [3.05, 3.63) is 29.3 Å². The maximum Gasteiger partial charge on any atom is 0.417 e. The summed E-state index contributed by atoms with van der Waals surface area (Å²) in [6.45, 7) is 0.860. The molecule has 0 heterocycles. The Hall–Kier alpha value is -1.34. The van der Waals surface area contributed by atoms with E-state index in [1.165, 1.54) is 12.1 Å². The van der Waals surface area contributed by atoms with E-state index in [4.69, 9.17) is 15.2 Å². The molecule has 7 heteroatoms. The highest BCUT2D eigenvalue weighted by atomic mass is 32.1. The predicted octanol–water partition coefficient (Wildman–Crippen LogP) is 2.75. The number of hydrogen-bond donors (Lipinski definition) is 1. The van der Waals surface area contributed by atoms with Crippen molar-refractivity contribution in [2.24, 2.45) is 5.73 Å². The molecule has 0 aliphatic carbocycles. The molecular formula is C12H14F3NO2S. The van der Waals surface area contributed by atoms with Gasteiger partial charge in [0.05, 0.1) is 12.2 Å². The topological polar surface area (TPSA) is 44.5 Å². The highest BCUT2D eigenvalue weighted by Crippen LogP contribution is 2.33. The third-order valence-corrected chi connectivity index (χ3v) is 2.54. The van der Waals surface area contributed by atoms with Crippen molar-refractivity contribution in [2.75, 3.05) is 20.3 Å². The number of hydrogen-bond acceptors (Lipinski definition) is 3. The average molecular weight is 293 g/mol. The lowest BCUT2D eigenvalue weighted by Crippen LogP contribution is -2.18. The Labute approximate surface area is 114 Å². The molecule has 0 aliphatic rings. The van der Waals surface area contributed by atoms with Crippen LogP contribution in [0.3, 0.4) is 0 Å². The van der Waals surface area contributed by atoms with Crippen LogP contribution >= 0.6 is 12.2 Å². The van der Waals surface area contributed by atoms with Gasteiger partial charge in [-0.25, -0.2) is 0 Å². The summed E-state index contributed by atoms with van der Waals surface area (Å²) in [5.41, 5.74) is 4.23.